The van der Waals surface area contributed by atoms with Crippen molar-refractivity contribution >= 4 is 41.6 Å². The van der Waals surface area contributed by atoms with Crippen molar-refractivity contribution in [1.82, 2.24) is 31.5 Å². The zero-order chi connectivity index (χ0) is 36.0. The van der Waals surface area contributed by atoms with Crippen molar-refractivity contribution in [1.29, 1.82) is 0 Å². The lowest BCUT2D eigenvalue weighted by atomic mass is 10.1. The molecule has 6 amide bonds. The van der Waals surface area contributed by atoms with E-state index >= 15 is 0 Å². The van der Waals surface area contributed by atoms with Gasteiger partial charge in [0.1, 0.15) is 30.8 Å². The molecule has 1 aromatic carbocycles. The summed E-state index contributed by atoms with van der Waals surface area (Å²) in [6.45, 7) is 2.41. The molecule has 0 bridgehead atoms. The predicted octanol–water partition coefficient (Wildman–Crippen LogP) is -3.21. The number of aliphatic hydroxyl groups is 3. The number of aliphatic hydroxyl groups excluding tert-OH is 3. The number of esters is 1. The fraction of sp³-hybridized carbons (Fsp3) is 0.567. The van der Waals surface area contributed by atoms with Crippen molar-refractivity contribution in [3.8, 4) is 0 Å². The molecule has 0 saturated carbocycles. The quantitative estimate of drug-likeness (QED) is 0.0803. The maximum Gasteiger partial charge on any atom is 0.408 e. The Morgan fingerprint density at radius 2 is 1.52 bits per heavy atom. The fourth-order valence-corrected chi connectivity index (χ4v) is 4.63. The standard InChI is InChI=1S/C30H44N6O12/c1-16(25(41)34-24(18(3)39)29(45)47-4)32-27(43)21-11-8-12-36(21)22(40)13-31-26(42)20(14-37)33-28(44)23(17(2)38)35-30(46)48-15-19-9-6-5-7-10-19/h5-7,9-10,16-18,20-21,23-24,37-39H,8,11-15H2,1-4H3,(H,31,42)(H,32,43)(H,33,44)(H,34,41)(H,35,46)/t16-,17-,18+,20-,21+,23+,24-/m0/s1. The van der Waals surface area contributed by atoms with Gasteiger partial charge in [-0.25, -0.2) is 9.59 Å². The van der Waals surface area contributed by atoms with Crippen LogP contribution in [0.15, 0.2) is 30.3 Å². The number of hydrogen-bond acceptors (Lipinski definition) is 12. The minimum Gasteiger partial charge on any atom is -0.467 e. The summed E-state index contributed by atoms with van der Waals surface area (Å²) in [5.74, 6) is -4.96. The lowest BCUT2D eigenvalue weighted by molar-refractivity contribution is -0.148. The van der Waals surface area contributed by atoms with E-state index in [2.05, 4.69) is 31.3 Å². The lowest BCUT2D eigenvalue weighted by Gasteiger charge is -2.27. The van der Waals surface area contributed by atoms with Crippen LogP contribution in [-0.2, 0) is 44.8 Å². The molecular weight excluding hydrogens is 636 g/mol. The van der Waals surface area contributed by atoms with Crippen molar-refractivity contribution in [2.75, 3.05) is 26.8 Å². The Kier molecular flexibility index (Phi) is 15.7. The zero-order valence-corrected chi connectivity index (χ0v) is 27.1. The van der Waals surface area contributed by atoms with Crippen LogP contribution in [0.25, 0.3) is 0 Å². The van der Waals surface area contributed by atoms with Crippen LogP contribution in [-0.4, -0.2) is 131 Å². The van der Waals surface area contributed by atoms with E-state index in [1.54, 1.807) is 30.3 Å². The number of likely N-dealkylation sites (tertiary alicyclic amines) is 1. The smallest absolute Gasteiger partial charge is 0.408 e. The summed E-state index contributed by atoms with van der Waals surface area (Å²) in [7, 11) is 1.09. The summed E-state index contributed by atoms with van der Waals surface area (Å²) in [5.41, 5.74) is 0.680. The molecule has 1 aliphatic heterocycles. The normalized spacial score (nSPS) is 17.7. The highest BCUT2D eigenvalue weighted by atomic mass is 16.5. The molecule has 0 unspecified atom stereocenters. The van der Waals surface area contributed by atoms with Gasteiger partial charge in [0.2, 0.25) is 29.5 Å². The van der Waals surface area contributed by atoms with Crippen LogP contribution in [0.4, 0.5) is 4.79 Å². The number of ether oxygens (including phenoxy) is 2. The summed E-state index contributed by atoms with van der Waals surface area (Å²) >= 11 is 0. The van der Waals surface area contributed by atoms with Crippen LogP contribution in [0.2, 0.25) is 0 Å². The second-order valence-corrected chi connectivity index (χ2v) is 11.1. The number of carbonyl (C=O) groups excluding carboxylic acids is 7. The van der Waals surface area contributed by atoms with E-state index in [4.69, 9.17) is 4.74 Å². The van der Waals surface area contributed by atoms with Crippen molar-refractivity contribution in [2.45, 2.75) is 82.6 Å². The van der Waals surface area contributed by atoms with Crippen LogP contribution in [0, 0.1) is 0 Å². The van der Waals surface area contributed by atoms with Gasteiger partial charge in [0.25, 0.3) is 0 Å². The molecule has 1 saturated heterocycles. The molecule has 0 spiro atoms. The number of hydrogen-bond donors (Lipinski definition) is 8. The van der Waals surface area contributed by atoms with E-state index in [9.17, 15) is 48.9 Å². The molecule has 266 valence electrons. The Bertz CT molecular complexity index is 1290. The van der Waals surface area contributed by atoms with Gasteiger partial charge >= 0.3 is 12.1 Å². The van der Waals surface area contributed by atoms with Gasteiger partial charge in [-0.15, -0.1) is 0 Å². The predicted molar refractivity (Wildman–Crippen MR) is 165 cm³/mol. The van der Waals surface area contributed by atoms with E-state index in [1.807, 2.05) is 0 Å². The van der Waals surface area contributed by atoms with Crippen LogP contribution in [0.5, 0.6) is 0 Å². The molecule has 7 atom stereocenters. The molecule has 18 nitrogen and oxygen atoms in total. The van der Waals surface area contributed by atoms with E-state index in [0.29, 0.717) is 12.0 Å². The molecule has 1 heterocycles. The first-order valence-corrected chi connectivity index (χ1v) is 15.2. The molecule has 1 fully saturated rings. The Morgan fingerprint density at radius 1 is 0.875 bits per heavy atom. The fourth-order valence-electron chi connectivity index (χ4n) is 4.63. The Morgan fingerprint density at radius 3 is 2.10 bits per heavy atom. The first-order chi connectivity index (χ1) is 22.7. The zero-order valence-electron chi connectivity index (χ0n) is 27.1. The first kappa shape index (κ1) is 39.4. The summed E-state index contributed by atoms with van der Waals surface area (Å²) in [6.07, 6.45) is -3.00. The van der Waals surface area contributed by atoms with Crippen molar-refractivity contribution in [2.24, 2.45) is 0 Å². The van der Waals surface area contributed by atoms with Gasteiger partial charge in [-0.3, -0.25) is 24.0 Å². The summed E-state index contributed by atoms with van der Waals surface area (Å²) < 4.78 is 9.61. The van der Waals surface area contributed by atoms with Crippen molar-refractivity contribution in [3.63, 3.8) is 0 Å². The van der Waals surface area contributed by atoms with E-state index in [0.717, 1.165) is 7.11 Å². The number of nitrogens with one attached hydrogen (secondary N) is 5. The number of nitrogens with zero attached hydrogens (tertiary/aromatic N) is 1. The number of amides is 6. The third-order valence-corrected chi connectivity index (χ3v) is 7.34. The second-order valence-electron chi connectivity index (χ2n) is 11.1. The maximum atomic E-state index is 13.0. The van der Waals surface area contributed by atoms with Gasteiger partial charge in [0.15, 0.2) is 6.04 Å². The van der Waals surface area contributed by atoms with Crippen LogP contribution < -0.4 is 26.6 Å². The minimum absolute atomic E-state index is 0.105. The maximum absolute atomic E-state index is 13.0. The SMILES string of the molecule is COC(=O)[C@@H](NC(=O)[C@H](C)NC(=O)[C@H]1CCCN1C(=O)CNC(=O)[C@H](CO)NC(=O)[C@H](NC(=O)OCc1ccccc1)[C@H](C)O)[C@@H](C)O. The van der Waals surface area contributed by atoms with Gasteiger partial charge in [0, 0.05) is 6.54 Å². The third kappa shape index (κ3) is 11.8. The number of rotatable bonds is 16. The topological polar surface area (TPSA) is 262 Å². The summed E-state index contributed by atoms with van der Waals surface area (Å²) in [5, 5.41) is 41.0. The third-order valence-electron chi connectivity index (χ3n) is 7.34. The molecule has 2 rings (SSSR count). The van der Waals surface area contributed by atoms with Gasteiger partial charge in [-0.1, -0.05) is 30.3 Å². The first-order valence-electron chi connectivity index (χ1n) is 15.2. The van der Waals surface area contributed by atoms with Gasteiger partial charge in [-0.2, -0.15) is 0 Å². The van der Waals surface area contributed by atoms with Crippen molar-refractivity contribution in [3.05, 3.63) is 35.9 Å². The number of carbonyl (C=O) groups is 7. The molecule has 1 aliphatic rings. The van der Waals surface area contributed by atoms with Crippen LogP contribution >= 0.6 is 0 Å². The van der Waals surface area contributed by atoms with Gasteiger partial charge < -0.3 is 56.3 Å². The van der Waals surface area contributed by atoms with Crippen LogP contribution in [0.1, 0.15) is 39.2 Å². The molecule has 8 N–H and O–H groups in total. The molecule has 1 aromatic rings. The second kappa shape index (κ2) is 19.1. The lowest BCUT2D eigenvalue weighted by Crippen LogP contribution is -2.59. The highest BCUT2D eigenvalue weighted by Gasteiger charge is 2.37. The van der Waals surface area contributed by atoms with E-state index in [1.165, 1.54) is 25.7 Å². The minimum atomic E-state index is -1.57. The average Bonchev–Trinajstić information content (AvgIpc) is 3.56. The average molecular weight is 681 g/mol. The Balaban J connectivity index is 1.91. The largest absolute Gasteiger partial charge is 0.467 e. The van der Waals surface area contributed by atoms with E-state index in [-0.39, 0.29) is 19.6 Å². The Labute approximate surface area is 276 Å². The molecule has 0 aliphatic carbocycles. The number of benzene rings is 1. The summed E-state index contributed by atoms with van der Waals surface area (Å²) in [6, 6.07) is 2.08. The van der Waals surface area contributed by atoms with E-state index < -0.39 is 97.2 Å². The monoisotopic (exact) mass is 680 g/mol. The Hall–Kier alpha value is -4.81. The van der Waals surface area contributed by atoms with Gasteiger partial charge in [0.05, 0.1) is 32.5 Å². The highest BCUT2D eigenvalue weighted by molar-refractivity contribution is 5.96. The molecule has 48 heavy (non-hydrogen) atoms. The number of alkyl carbamates (subject to hydrolysis) is 1. The molecule has 0 radical (unpaired) electrons. The highest BCUT2D eigenvalue weighted by Crippen LogP contribution is 2.17. The van der Waals surface area contributed by atoms with Gasteiger partial charge in [-0.05, 0) is 39.2 Å². The number of methoxy groups -OCH3 is 1. The summed E-state index contributed by atoms with van der Waals surface area (Å²) in [4.78, 5) is 89.2. The van der Waals surface area contributed by atoms with Crippen molar-refractivity contribution < 1.29 is 58.4 Å². The molecule has 18 heteroatoms. The molecular formula is C30H44N6O12. The molecule has 0 aromatic heterocycles. The van der Waals surface area contributed by atoms with Crippen LogP contribution in [0.3, 0.4) is 0 Å².